The summed E-state index contributed by atoms with van der Waals surface area (Å²) in [6.45, 7) is 6.23. The van der Waals surface area contributed by atoms with Crippen molar-refractivity contribution in [2.24, 2.45) is 0 Å². The van der Waals surface area contributed by atoms with Gasteiger partial charge in [-0.2, -0.15) is 0 Å². The molecule has 3 heterocycles. The van der Waals surface area contributed by atoms with E-state index in [-0.39, 0.29) is 11.8 Å². The zero-order valence-electron chi connectivity index (χ0n) is 19.9. The molecule has 2 aliphatic heterocycles. The number of piperidine rings is 1. The van der Waals surface area contributed by atoms with Crippen LogP contribution in [0.25, 0.3) is 10.2 Å². The van der Waals surface area contributed by atoms with E-state index >= 15 is 0 Å². The number of rotatable bonds is 7. The van der Waals surface area contributed by atoms with E-state index in [2.05, 4.69) is 14.5 Å². The number of carbonyl (C=O) groups excluding carboxylic acids is 2. The average molecular weight is 494 g/mol. The summed E-state index contributed by atoms with van der Waals surface area (Å²) in [5, 5.41) is 4.06. The minimum atomic E-state index is -0.0335. The number of ether oxygens (including phenoxy) is 1. The lowest BCUT2D eigenvalue weighted by molar-refractivity contribution is 0.0535. The Morgan fingerprint density at radius 2 is 1.49 bits per heavy atom. The molecule has 0 aliphatic carbocycles. The van der Waals surface area contributed by atoms with Crippen LogP contribution < -0.4 is 4.74 Å². The second-order valence-electron chi connectivity index (χ2n) is 9.17. The molecular weight excluding hydrogens is 462 g/mol. The van der Waals surface area contributed by atoms with E-state index < -0.39 is 0 Å². The summed E-state index contributed by atoms with van der Waals surface area (Å²) in [5.74, 6) is 0.750. The summed E-state index contributed by atoms with van der Waals surface area (Å²) in [6, 6.07) is 12.9. The maximum atomic E-state index is 13.0. The molecule has 1 aromatic heterocycles. The molecule has 9 heteroatoms. The van der Waals surface area contributed by atoms with Gasteiger partial charge in [-0.1, -0.05) is 10.9 Å². The van der Waals surface area contributed by atoms with Gasteiger partial charge in [0, 0.05) is 43.9 Å². The van der Waals surface area contributed by atoms with Crippen LogP contribution in [0.2, 0.25) is 0 Å². The maximum Gasteiger partial charge on any atom is 0.254 e. The molecule has 0 N–H and O–H groups in total. The van der Waals surface area contributed by atoms with Crippen LogP contribution in [-0.4, -0.2) is 88.5 Å². The highest BCUT2D eigenvalue weighted by atomic mass is 32.1. The normalized spacial score (nSPS) is 17.0. The lowest BCUT2D eigenvalue weighted by Gasteiger charge is -2.35. The lowest BCUT2D eigenvalue weighted by atomic mass is 10.1. The zero-order valence-corrected chi connectivity index (χ0v) is 20.7. The molecule has 2 aromatic carbocycles. The van der Waals surface area contributed by atoms with E-state index in [9.17, 15) is 9.59 Å². The first kappa shape index (κ1) is 23.7. The van der Waals surface area contributed by atoms with Crippen LogP contribution in [0.5, 0.6) is 5.75 Å². The van der Waals surface area contributed by atoms with Crippen molar-refractivity contribution in [1.29, 1.82) is 0 Å². The molecule has 0 bridgehead atoms. The molecule has 8 nitrogen and oxygen atoms in total. The number of amides is 2. The van der Waals surface area contributed by atoms with Gasteiger partial charge in [0.05, 0.1) is 11.3 Å². The van der Waals surface area contributed by atoms with Crippen LogP contribution in [0.3, 0.4) is 0 Å². The van der Waals surface area contributed by atoms with Crippen LogP contribution in [0.4, 0.5) is 0 Å². The van der Waals surface area contributed by atoms with Gasteiger partial charge in [-0.05, 0) is 86.3 Å². The number of hydrogen-bond donors (Lipinski definition) is 0. The molecule has 0 unspecified atom stereocenters. The molecule has 35 heavy (non-hydrogen) atoms. The fourth-order valence-corrected chi connectivity index (χ4v) is 5.29. The van der Waals surface area contributed by atoms with Gasteiger partial charge in [-0.25, -0.2) is 0 Å². The number of benzene rings is 2. The molecule has 0 radical (unpaired) electrons. The number of piperazine rings is 1. The third-order valence-electron chi connectivity index (χ3n) is 6.79. The van der Waals surface area contributed by atoms with Gasteiger partial charge in [0.1, 0.15) is 11.3 Å². The number of nitrogens with zero attached hydrogens (tertiary/aromatic N) is 5. The quantitative estimate of drug-likeness (QED) is 0.469. The first-order valence-electron chi connectivity index (χ1n) is 12.4. The molecule has 184 valence electrons. The minimum absolute atomic E-state index is 0.0104. The monoisotopic (exact) mass is 493 g/mol. The Morgan fingerprint density at radius 3 is 2.20 bits per heavy atom. The van der Waals surface area contributed by atoms with Crippen LogP contribution in [-0.2, 0) is 0 Å². The Morgan fingerprint density at radius 1 is 0.829 bits per heavy atom. The number of fused-ring (bicyclic) bond motifs is 1. The summed E-state index contributed by atoms with van der Waals surface area (Å²) < 4.78 is 10.8. The first-order chi connectivity index (χ1) is 17.2. The summed E-state index contributed by atoms with van der Waals surface area (Å²) in [6.07, 6.45) is 4.98. The second-order valence-corrected chi connectivity index (χ2v) is 9.95. The zero-order chi connectivity index (χ0) is 24.0. The fourth-order valence-electron chi connectivity index (χ4n) is 4.75. The number of hydrogen-bond acceptors (Lipinski definition) is 7. The standard InChI is InChI=1S/C26H31N5O3S/c32-25(20-5-8-22(9-6-20)34-18-4-13-29-11-2-1-3-12-29)30-14-16-31(17-15-30)26(33)21-7-10-24-23(19-21)27-28-35-24/h5-10,19H,1-4,11-18H2. The summed E-state index contributed by atoms with van der Waals surface area (Å²) in [7, 11) is 0. The average Bonchev–Trinajstić information content (AvgIpc) is 3.39. The van der Waals surface area contributed by atoms with Gasteiger partial charge in [0.2, 0.25) is 0 Å². The summed E-state index contributed by atoms with van der Waals surface area (Å²) in [4.78, 5) is 32.0. The Balaban J connectivity index is 1.08. The molecule has 3 aromatic rings. The van der Waals surface area contributed by atoms with Crippen molar-refractivity contribution < 1.29 is 14.3 Å². The maximum absolute atomic E-state index is 13.0. The van der Waals surface area contributed by atoms with Crippen molar-refractivity contribution in [3.05, 3.63) is 53.6 Å². The van der Waals surface area contributed by atoms with Gasteiger partial charge in [0.25, 0.3) is 11.8 Å². The summed E-state index contributed by atoms with van der Waals surface area (Å²) in [5.41, 5.74) is 1.99. The predicted molar refractivity (Wildman–Crippen MR) is 136 cm³/mol. The molecule has 2 fully saturated rings. The topological polar surface area (TPSA) is 78.9 Å². The van der Waals surface area contributed by atoms with E-state index in [0.29, 0.717) is 43.9 Å². The molecule has 2 saturated heterocycles. The van der Waals surface area contributed by atoms with Gasteiger partial charge >= 0.3 is 0 Å². The van der Waals surface area contributed by atoms with Crippen molar-refractivity contribution in [3.8, 4) is 5.75 Å². The smallest absolute Gasteiger partial charge is 0.254 e. The highest BCUT2D eigenvalue weighted by molar-refractivity contribution is 7.12. The van der Waals surface area contributed by atoms with E-state index in [1.165, 1.54) is 43.9 Å². The van der Waals surface area contributed by atoms with E-state index in [1.807, 2.05) is 41.3 Å². The number of carbonyl (C=O) groups is 2. The van der Waals surface area contributed by atoms with Crippen LogP contribution in [0, 0.1) is 0 Å². The summed E-state index contributed by atoms with van der Waals surface area (Å²) >= 11 is 1.32. The largest absolute Gasteiger partial charge is 0.494 e. The Bertz CT molecular complexity index is 1150. The molecule has 0 atom stereocenters. The molecule has 0 spiro atoms. The minimum Gasteiger partial charge on any atom is -0.494 e. The molecular formula is C26H31N5O3S. The van der Waals surface area contributed by atoms with Crippen LogP contribution in [0.1, 0.15) is 46.4 Å². The number of likely N-dealkylation sites (tertiary alicyclic amines) is 1. The third kappa shape index (κ3) is 5.79. The van der Waals surface area contributed by atoms with Crippen LogP contribution in [0.15, 0.2) is 42.5 Å². The highest BCUT2D eigenvalue weighted by Crippen LogP contribution is 2.20. The van der Waals surface area contributed by atoms with Gasteiger partial charge in [-0.3, -0.25) is 9.59 Å². The van der Waals surface area contributed by atoms with Crippen molar-refractivity contribution in [1.82, 2.24) is 24.3 Å². The Hall–Kier alpha value is -3.04. The fraction of sp³-hybridized carbons (Fsp3) is 0.462. The van der Waals surface area contributed by atoms with Crippen molar-refractivity contribution in [3.63, 3.8) is 0 Å². The van der Waals surface area contributed by atoms with Crippen molar-refractivity contribution in [2.45, 2.75) is 25.7 Å². The number of aromatic nitrogens is 2. The molecule has 2 amide bonds. The van der Waals surface area contributed by atoms with Crippen molar-refractivity contribution >= 4 is 33.6 Å². The van der Waals surface area contributed by atoms with Crippen LogP contribution >= 0.6 is 11.5 Å². The van der Waals surface area contributed by atoms with Crippen molar-refractivity contribution in [2.75, 3.05) is 52.4 Å². The Kier molecular flexibility index (Phi) is 7.54. The predicted octanol–water partition coefficient (Wildman–Crippen LogP) is 3.54. The molecule has 5 rings (SSSR count). The van der Waals surface area contributed by atoms with E-state index in [4.69, 9.17) is 4.74 Å². The van der Waals surface area contributed by atoms with Gasteiger partial charge in [-0.15, -0.1) is 5.10 Å². The molecule has 0 saturated carbocycles. The van der Waals surface area contributed by atoms with Gasteiger partial charge < -0.3 is 19.4 Å². The van der Waals surface area contributed by atoms with E-state index in [0.717, 1.165) is 28.9 Å². The van der Waals surface area contributed by atoms with Gasteiger partial charge in [0.15, 0.2) is 0 Å². The first-order valence-corrected chi connectivity index (χ1v) is 13.2. The third-order valence-corrected chi connectivity index (χ3v) is 7.49. The highest BCUT2D eigenvalue weighted by Gasteiger charge is 2.26. The SMILES string of the molecule is O=C(c1ccc(OCCCN2CCCCC2)cc1)N1CCN(C(=O)c2ccc3snnc3c2)CC1. The molecule has 2 aliphatic rings. The second kappa shape index (κ2) is 11.1. The lowest BCUT2D eigenvalue weighted by Crippen LogP contribution is -2.50. The Labute approximate surface area is 209 Å². The van der Waals surface area contributed by atoms with E-state index in [1.54, 1.807) is 11.0 Å².